The lowest BCUT2D eigenvalue weighted by atomic mass is 9.78. The maximum absolute atomic E-state index is 12.4. The highest BCUT2D eigenvalue weighted by Crippen LogP contribution is 2.29. The lowest BCUT2D eigenvalue weighted by Gasteiger charge is -2.34. The van der Waals surface area contributed by atoms with E-state index in [1.54, 1.807) is 18.2 Å². The van der Waals surface area contributed by atoms with Gasteiger partial charge in [-0.25, -0.2) is 4.79 Å². The van der Waals surface area contributed by atoms with Crippen LogP contribution in [0.1, 0.15) is 33.1 Å². The molecule has 5 nitrogen and oxygen atoms in total. The Balaban J connectivity index is 1.75. The van der Waals surface area contributed by atoms with Gasteiger partial charge in [-0.1, -0.05) is 38.3 Å². The average molecular weight is 337 g/mol. The van der Waals surface area contributed by atoms with Gasteiger partial charge in [0, 0.05) is 17.1 Å². The van der Waals surface area contributed by atoms with Gasteiger partial charge in [-0.3, -0.25) is 9.36 Å². The number of benzene rings is 1. The first kappa shape index (κ1) is 16.1. The molecule has 1 aliphatic rings. The molecule has 3 atom stereocenters. The maximum atomic E-state index is 12.4. The largest absolute Gasteiger partial charge is 0.420 e. The first-order chi connectivity index (χ1) is 11.0. The minimum absolute atomic E-state index is 0.0366. The number of nitrogens with zero attached hydrogens (tertiary/aromatic N) is 1. The fourth-order valence-electron chi connectivity index (χ4n) is 3.37. The van der Waals surface area contributed by atoms with E-state index in [0.29, 0.717) is 28.0 Å². The first-order valence-electron chi connectivity index (χ1n) is 8.04. The van der Waals surface area contributed by atoms with Crippen LogP contribution in [0.4, 0.5) is 0 Å². The monoisotopic (exact) mass is 336 g/mol. The van der Waals surface area contributed by atoms with Crippen molar-refractivity contribution >= 4 is 28.6 Å². The number of carbonyl (C=O) groups excluding carboxylic acids is 1. The number of hydrogen-bond donors (Lipinski definition) is 1. The van der Waals surface area contributed by atoms with Crippen LogP contribution in [-0.2, 0) is 11.3 Å². The molecule has 1 aliphatic carbocycles. The van der Waals surface area contributed by atoms with Crippen LogP contribution in [0, 0.1) is 11.8 Å². The van der Waals surface area contributed by atoms with Crippen molar-refractivity contribution in [1.29, 1.82) is 0 Å². The van der Waals surface area contributed by atoms with E-state index in [1.165, 1.54) is 11.0 Å². The van der Waals surface area contributed by atoms with Crippen LogP contribution in [0.2, 0.25) is 5.02 Å². The molecule has 1 amide bonds. The molecular weight excluding hydrogens is 316 g/mol. The molecule has 1 aromatic carbocycles. The summed E-state index contributed by atoms with van der Waals surface area (Å²) in [5.74, 6) is 0.358. The summed E-state index contributed by atoms with van der Waals surface area (Å²) in [5.41, 5.74) is 0.981. The number of hydrogen-bond acceptors (Lipinski definition) is 3. The van der Waals surface area contributed by atoms with Crippen LogP contribution in [0.5, 0.6) is 0 Å². The molecule has 0 saturated heterocycles. The van der Waals surface area contributed by atoms with Gasteiger partial charge < -0.3 is 9.73 Å². The van der Waals surface area contributed by atoms with Crippen LogP contribution >= 0.6 is 11.6 Å². The Labute approximate surface area is 139 Å². The fraction of sp³-hybridized carbons (Fsp3) is 0.529. The second kappa shape index (κ2) is 6.40. The molecule has 0 radical (unpaired) electrons. The van der Waals surface area contributed by atoms with E-state index in [0.717, 1.165) is 12.8 Å². The van der Waals surface area contributed by atoms with Crippen molar-refractivity contribution in [2.75, 3.05) is 0 Å². The number of carbonyl (C=O) groups is 1. The number of amides is 1. The molecule has 0 bridgehead atoms. The second-order valence-corrected chi connectivity index (χ2v) is 6.94. The molecule has 2 aromatic rings. The zero-order valence-electron chi connectivity index (χ0n) is 13.3. The number of fused-ring (bicyclic) bond motifs is 1. The van der Waals surface area contributed by atoms with Gasteiger partial charge in [0.1, 0.15) is 6.54 Å². The zero-order valence-corrected chi connectivity index (χ0v) is 14.1. The van der Waals surface area contributed by atoms with Crippen LogP contribution in [0.15, 0.2) is 27.4 Å². The molecule has 1 N–H and O–H groups in total. The molecule has 1 aromatic heterocycles. The molecule has 3 rings (SSSR count). The van der Waals surface area contributed by atoms with E-state index < -0.39 is 5.76 Å². The third-order valence-corrected chi connectivity index (χ3v) is 5.22. The molecular formula is C17H21ClN2O3. The van der Waals surface area contributed by atoms with E-state index in [2.05, 4.69) is 19.2 Å². The number of oxazole rings is 1. The van der Waals surface area contributed by atoms with Crippen LogP contribution in [0.25, 0.3) is 11.1 Å². The summed E-state index contributed by atoms with van der Waals surface area (Å²) in [6, 6.07) is 5.13. The number of rotatable bonds is 3. The van der Waals surface area contributed by atoms with Crippen LogP contribution < -0.4 is 11.1 Å². The van der Waals surface area contributed by atoms with Crippen LogP contribution in [-0.4, -0.2) is 16.5 Å². The molecule has 3 unspecified atom stereocenters. The quantitative estimate of drug-likeness (QED) is 0.936. The molecule has 124 valence electrons. The summed E-state index contributed by atoms with van der Waals surface area (Å²) < 4.78 is 6.50. The van der Waals surface area contributed by atoms with Crippen molar-refractivity contribution in [3.8, 4) is 0 Å². The van der Waals surface area contributed by atoms with Gasteiger partial charge in [0.15, 0.2) is 5.58 Å². The minimum Gasteiger partial charge on any atom is -0.408 e. The summed E-state index contributed by atoms with van der Waals surface area (Å²) >= 11 is 5.89. The molecule has 1 fully saturated rings. The highest BCUT2D eigenvalue weighted by molar-refractivity contribution is 6.31. The van der Waals surface area contributed by atoms with Gasteiger partial charge in [-0.15, -0.1) is 0 Å². The molecule has 23 heavy (non-hydrogen) atoms. The van der Waals surface area contributed by atoms with Gasteiger partial charge in [0.05, 0.1) is 5.52 Å². The average Bonchev–Trinajstić information content (AvgIpc) is 2.79. The number of halogens is 1. The Kier molecular flexibility index (Phi) is 4.48. The van der Waals surface area contributed by atoms with Crippen molar-refractivity contribution < 1.29 is 9.21 Å². The molecule has 1 heterocycles. The number of nitrogens with one attached hydrogen (secondary N) is 1. The Morgan fingerprint density at radius 2 is 2.17 bits per heavy atom. The van der Waals surface area contributed by atoms with Crippen molar-refractivity contribution in [2.24, 2.45) is 11.8 Å². The van der Waals surface area contributed by atoms with Gasteiger partial charge in [0.25, 0.3) is 0 Å². The van der Waals surface area contributed by atoms with E-state index in [1.807, 2.05) is 0 Å². The lowest BCUT2D eigenvalue weighted by Crippen LogP contribution is -2.45. The third-order valence-electron chi connectivity index (χ3n) is 4.99. The standard InChI is InChI=1S/C17H21ClN2O3/c1-10-4-3-5-13(11(10)2)19-16(21)9-20-14-7-6-12(18)8-15(14)23-17(20)22/h6-8,10-11,13H,3-5,9H2,1-2H3,(H,19,21). The van der Waals surface area contributed by atoms with E-state index in [9.17, 15) is 9.59 Å². The van der Waals surface area contributed by atoms with Crippen LogP contribution in [0.3, 0.4) is 0 Å². The molecule has 6 heteroatoms. The van der Waals surface area contributed by atoms with E-state index in [4.69, 9.17) is 16.0 Å². The Hall–Kier alpha value is -1.75. The van der Waals surface area contributed by atoms with Gasteiger partial charge in [0.2, 0.25) is 5.91 Å². The predicted molar refractivity (Wildman–Crippen MR) is 89.6 cm³/mol. The minimum atomic E-state index is -0.539. The van der Waals surface area contributed by atoms with Crippen molar-refractivity contribution in [3.63, 3.8) is 0 Å². The summed E-state index contributed by atoms with van der Waals surface area (Å²) in [4.78, 5) is 24.3. The molecule has 0 spiro atoms. The van der Waals surface area contributed by atoms with Gasteiger partial charge in [-0.2, -0.15) is 0 Å². The normalized spacial score (nSPS) is 24.7. The van der Waals surface area contributed by atoms with Crippen molar-refractivity contribution in [3.05, 3.63) is 33.8 Å². The lowest BCUT2D eigenvalue weighted by molar-refractivity contribution is -0.123. The SMILES string of the molecule is CC1CCCC(NC(=O)Cn2c(=O)oc3cc(Cl)ccc32)C1C. The van der Waals surface area contributed by atoms with Gasteiger partial charge in [-0.05, 0) is 30.4 Å². The molecule has 1 saturated carbocycles. The zero-order chi connectivity index (χ0) is 16.6. The topological polar surface area (TPSA) is 64.2 Å². The second-order valence-electron chi connectivity index (χ2n) is 6.51. The third kappa shape index (κ3) is 3.29. The Morgan fingerprint density at radius 3 is 2.96 bits per heavy atom. The van der Waals surface area contributed by atoms with Crippen molar-refractivity contribution in [1.82, 2.24) is 9.88 Å². The smallest absolute Gasteiger partial charge is 0.408 e. The summed E-state index contributed by atoms with van der Waals surface area (Å²) in [7, 11) is 0. The maximum Gasteiger partial charge on any atom is 0.420 e. The fourth-order valence-corrected chi connectivity index (χ4v) is 3.53. The van der Waals surface area contributed by atoms with Crippen molar-refractivity contribution in [2.45, 2.75) is 45.7 Å². The molecule has 0 aliphatic heterocycles. The summed E-state index contributed by atoms with van der Waals surface area (Å²) in [6.07, 6.45) is 3.33. The summed E-state index contributed by atoms with van der Waals surface area (Å²) in [6.45, 7) is 4.36. The first-order valence-corrected chi connectivity index (χ1v) is 8.42. The highest BCUT2D eigenvalue weighted by atomic mass is 35.5. The predicted octanol–water partition coefficient (Wildman–Crippen LogP) is 3.19. The van der Waals surface area contributed by atoms with E-state index in [-0.39, 0.29) is 18.5 Å². The Morgan fingerprint density at radius 1 is 1.39 bits per heavy atom. The van der Waals surface area contributed by atoms with E-state index >= 15 is 0 Å². The Bertz CT molecular complexity index is 780. The van der Waals surface area contributed by atoms with Gasteiger partial charge >= 0.3 is 5.76 Å². The highest BCUT2D eigenvalue weighted by Gasteiger charge is 2.28. The summed E-state index contributed by atoms with van der Waals surface area (Å²) in [5, 5.41) is 3.57. The number of aromatic nitrogens is 1.